The van der Waals surface area contributed by atoms with Crippen LogP contribution in [0.5, 0.6) is 0 Å². The van der Waals surface area contributed by atoms with Gasteiger partial charge in [0.2, 0.25) is 0 Å². The number of aliphatic carboxylic acids is 1. The standard InChI is InChI=1S/C12H11FN2O2/c1-7-8-3-2-4-9(13)12(8)15-10(14-7)5-6-11(16)17/h2-4H,5-6H2,1H3,(H,16,17). The molecule has 0 aliphatic heterocycles. The number of rotatable bonds is 3. The first-order chi connectivity index (χ1) is 8.08. The molecule has 5 heteroatoms. The molecule has 0 atom stereocenters. The lowest BCUT2D eigenvalue weighted by molar-refractivity contribution is -0.137. The van der Waals surface area contributed by atoms with Gasteiger partial charge in [-0.25, -0.2) is 14.4 Å². The summed E-state index contributed by atoms with van der Waals surface area (Å²) >= 11 is 0. The fourth-order valence-electron chi connectivity index (χ4n) is 1.66. The zero-order valence-corrected chi connectivity index (χ0v) is 9.27. The molecular weight excluding hydrogens is 223 g/mol. The third-order valence-corrected chi connectivity index (χ3v) is 2.48. The zero-order valence-electron chi connectivity index (χ0n) is 9.27. The number of para-hydroxylation sites is 1. The third kappa shape index (κ3) is 2.38. The highest BCUT2D eigenvalue weighted by Gasteiger charge is 2.09. The fraction of sp³-hybridized carbons (Fsp3) is 0.250. The molecule has 0 aliphatic carbocycles. The highest BCUT2D eigenvalue weighted by atomic mass is 19.1. The van der Waals surface area contributed by atoms with Crippen LogP contribution in [0.1, 0.15) is 17.9 Å². The van der Waals surface area contributed by atoms with E-state index in [9.17, 15) is 9.18 Å². The first kappa shape index (κ1) is 11.4. The second kappa shape index (κ2) is 4.45. The van der Waals surface area contributed by atoms with Gasteiger partial charge in [0.25, 0.3) is 0 Å². The lowest BCUT2D eigenvalue weighted by atomic mass is 10.2. The van der Waals surface area contributed by atoms with E-state index in [1.165, 1.54) is 6.07 Å². The van der Waals surface area contributed by atoms with Crippen molar-refractivity contribution in [2.75, 3.05) is 0 Å². The van der Waals surface area contributed by atoms with Crippen LogP contribution in [0.3, 0.4) is 0 Å². The molecule has 2 rings (SSSR count). The number of nitrogens with zero attached hydrogens (tertiary/aromatic N) is 2. The summed E-state index contributed by atoms with van der Waals surface area (Å²) in [4.78, 5) is 18.7. The fourth-order valence-corrected chi connectivity index (χ4v) is 1.66. The monoisotopic (exact) mass is 234 g/mol. The maximum Gasteiger partial charge on any atom is 0.303 e. The van der Waals surface area contributed by atoms with Crippen molar-refractivity contribution in [3.63, 3.8) is 0 Å². The van der Waals surface area contributed by atoms with Crippen molar-refractivity contribution in [2.24, 2.45) is 0 Å². The number of benzene rings is 1. The van der Waals surface area contributed by atoms with Crippen molar-refractivity contribution in [2.45, 2.75) is 19.8 Å². The molecule has 0 radical (unpaired) electrons. The Morgan fingerprint density at radius 3 is 2.88 bits per heavy atom. The summed E-state index contributed by atoms with van der Waals surface area (Å²) < 4.78 is 13.5. The Balaban J connectivity index is 2.46. The first-order valence-corrected chi connectivity index (χ1v) is 5.21. The number of fused-ring (bicyclic) bond motifs is 1. The molecule has 0 bridgehead atoms. The van der Waals surface area contributed by atoms with Crippen molar-refractivity contribution in [1.82, 2.24) is 9.97 Å². The normalized spacial score (nSPS) is 10.7. The van der Waals surface area contributed by atoms with Gasteiger partial charge < -0.3 is 5.11 Å². The molecule has 0 saturated carbocycles. The Labute approximate surface area is 97.1 Å². The van der Waals surface area contributed by atoms with Gasteiger partial charge in [0.1, 0.15) is 17.2 Å². The van der Waals surface area contributed by atoms with E-state index in [4.69, 9.17) is 5.11 Å². The van der Waals surface area contributed by atoms with E-state index in [1.807, 2.05) is 0 Å². The van der Waals surface area contributed by atoms with E-state index in [2.05, 4.69) is 9.97 Å². The van der Waals surface area contributed by atoms with Crippen LogP contribution in [-0.4, -0.2) is 21.0 Å². The van der Waals surface area contributed by atoms with E-state index in [-0.39, 0.29) is 18.4 Å². The topological polar surface area (TPSA) is 63.1 Å². The van der Waals surface area contributed by atoms with Crippen molar-refractivity contribution < 1.29 is 14.3 Å². The number of hydrogen-bond donors (Lipinski definition) is 1. The number of carboxylic acid groups (broad SMARTS) is 1. The highest BCUT2D eigenvalue weighted by molar-refractivity contribution is 5.81. The van der Waals surface area contributed by atoms with Crippen LogP contribution >= 0.6 is 0 Å². The summed E-state index contributed by atoms with van der Waals surface area (Å²) in [5.41, 5.74) is 0.912. The number of carbonyl (C=O) groups is 1. The molecule has 4 nitrogen and oxygen atoms in total. The van der Waals surface area contributed by atoms with Crippen LogP contribution in [-0.2, 0) is 11.2 Å². The third-order valence-electron chi connectivity index (χ3n) is 2.48. The van der Waals surface area contributed by atoms with Gasteiger partial charge >= 0.3 is 5.97 Å². The van der Waals surface area contributed by atoms with E-state index < -0.39 is 11.8 Å². The summed E-state index contributed by atoms with van der Waals surface area (Å²) in [7, 11) is 0. The molecule has 1 heterocycles. The lowest BCUT2D eigenvalue weighted by Crippen LogP contribution is -2.04. The van der Waals surface area contributed by atoms with Crippen molar-refractivity contribution in [3.8, 4) is 0 Å². The minimum absolute atomic E-state index is 0.0562. The maximum atomic E-state index is 13.5. The number of halogens is 1. The molecule has 1 N–H and O–H groups in total. The average Bonchev–Trinajstić information content (AvgIpc) is 2.28. The van der Waals surface area contributed by atoms with Gasteiger partial charge in [-0.3, -0.25) is 4.79 Å². The minimum Gasteiger partial charge on any atom is -0.481 e. The van der Waals surface area contributed by atoms with Gasteiger partial charge in [-0.2, -0.15) is 0 Å². The number of aromatic nitrogens is 2. The van der Waals surface area contributed by atoms with E-state index >= 15 is 0 Å². The predicted octanol–water partition coefficient (Wildman–Crippen LogP) is 2.09. The van der Waals surface area contributed by atoms with Crippen LogP contribution in [0.2, 0.25) is 0 Å². The summed E-state index contributed by atoms with van der Waals surface area (Å²) in [5.74, 6) is -0.966. The smallest absolute Gasteiger partial charge is 0.303 e. The molecule has 17 heavy (non-hydrogen) atoms. The number of aryl methyl sites for hydroxylation is 2. The Kier molecular flexibility index (Phi) is 2.99. The van der Waals surface area contributed by atoms with Gasteiger partial charge in [0.05, 0.1) is 6.42 Å². The summed E-state index contributed by atoms with van der Waals surface area (Å²) in [6.45, 7) is 1.76. The van der Waals surface area contributed by atoms with Crippen LogP contribution in [0.15, 0.2) is 18.2 Å². The zero-order chi connectivity index (χ0) is 12.4. The SMILES string of the molecule is Cc1nc(CCC(=O)O)nc2c(F)cccc12. The molecule has 0 fully saturated rings. The Hall–Kier alpha value is -2.04. The second-order valence-corrected chi connectivity index (χ2v) is 3.75. The van der Waals surface area contributed by atoms with Gasteiger partial charge in [-0.05, 0) is 13.0 Å². The molecule has 88 valence electrons. The van der Waals surface area contributed by atoms with Crippen molar-refractivity contribution in [1.29, 1.82) is 0 Å². The van der Waals surface area contributed by atoms with Crippen LogP contribution in [0, 0.1) is 12.7 Å². The second-order valence-electron chi connectivity index (χ2n) is 3.75. The quantitative estimate of drug-likeness (QED) is 0.883. The number of carboxylic acids is 1. The van der Waals surface area contributed by atoms with E-state index in [0.29, 0.717) is 16.9 Å². The highest BCUT2D eigenvalue weighted by Crippen LogP contribution is 2.18. The molecule has 0 unspecified atom stereocenters. The predicted molar refractivity (Wildman–Crippen MR) is 60.2 cm³/mol. The Morgan fingerprint density at radius 2 is 2.18 bits per heavy atom. The van der Waals surface area contributed by atoms with Crippen molar-refractivity contribution in [3.05, 3.63) is 35.5 Å². The maximum absolute atomic E-state index is 13.5. The summed E-state index contributed by atoms with van der Waals surface area (Å²) in [5, 5.41) is 9.24. The summed E-state index contributed by atoms with van der Waals surface area (Å²) in [6.07, 6.45) is 0.153. The Morgan fingerprint density at radius 1 is 1.41 bits per heavy atom. The molecular formula is C12H11FN2O2. The van der Waals surface area contributed by atoms with Gasteiger partial charge in [0.15, 0.2) is 0 Å². The van der Waals surface area contributed by atoms with E-state index in [0.717, 1.165) is 0 Å². The van der Waals surface area contributed by atoms with Gasteiger partial charge in [-0.15, -0.1) is 0 Å². The first-order valence-electron chi connectivity index (χ1n) is 5.21. The minimum atomic E-state index is -0.917. The molecule has 0 spiro atoms. The molecule has 1 aromatic carbocycles. The molecule has 2 aromatic rings. The lowest BCUT2D eigenvalue weighted by Gasteiger charge is -2.05. The van der Waals surface area contributed by atoms with Crippen molar-refractivity contribution >= 4 is 16.9 Å². The number of hydrogen-bond acceptors (Lipinski definition) is 3. The molecule has 0 amide bonds. The van der Waals surface area contributed by atoms with E-state index in [1.54, 1.807) is 19.1 Å². The average molecular weight is 234 g/mol. The molecule has 0 saturated heterocycles. The van der Waals surface area contributed by atoms with Crippen LogP contribution < -0.4 is 0 Å². The van der Waals surface area contributed by atoms with Crippen LogP contribution in [0.25, 0.3) is 10.9 Å². The largest absolute Gasteiger partial charge is 0.481 e. The summed E-state index contributed by atoms with van der Waals surface area (Å²) in [6, 6.07) is 4.68. The molecule has 0 aliphatic rings. The van der Waals surface area contributed by atoms with Crippen LogP contribution in [0.4, 0.5) is 4.39 Å². The molecule has 1 aromatic heterocycles. The van der Waals surface area contributed by atoms with Gasteiger partial charge in [-0.1, -0.05) is 12.1 Å². The Bertz CT molecular complexity index is 584. The van der Waals surface area contributed by atoms with Gasteiger partial charge in [0, 0.05) is 17.5 Å².